The number of hydrogen-bond donors (Lipinski definition) is 0. The maximum atomic E-state index is 13.1. The number of benzene rings is 3. The first-order valence-corrected chi connectivity index (χ1v) is 9.36. The molecule has 0 saturated carbocycles. The highest BCUT2D eigenvalue weighted by Gasteiger charge is 2.12. The zero-order chi connectivity index (χ0) is 18.8. The molecule has 0 N–H and O–H groups in total. The second-order valence-electron chi connectivity index (χ2n) is 5.88. The van der Waals surface area contributed by atoms with Gasteiger partial charge in [-0.1, -0.05) is 70.0 Å². The molecule has 3 aromatic carbocycles. The molecule has 27 heavy (non-hydrogen) atoms. The van der Waals surface area contributed by atoms with Gasteiger partial charge in [-0.25, -0.2) is 4.98 Å². The van der Waals surface area contributed by atoms with Crippen LogP contribution in [0.3, 0.4) is 0 Å². The molecule has 0 radical (unpaired) electrons. The lowest BCUT2D eigenvalue weighted by atomic mass is 10.2. The number of hydrogen-bond acceptors (Lipinski definition) is 3. The van der Waals surface area contributed by atoms with Crippen molar-refractivity contribution in [2.45, 2.75) is 0 Å². The largest absolute Gasteiger partial charge is 0.282 e. The number of nitrogens with zero attached hydrogens (tertiary/aromatic N) is 3. The summed E-state index contributed by atoms with van der Waals surface area (Å²) in [6, 6.07) is 22.2. The fourth-order valence-electron chi connectivity index (χ4n) is 2.70. The Morgan fingerprint density at radius 2 is 1.74 bits per heavy atom. The zero-order valence-electron chi connectivity index (χ0n) is 14.0. The van der Waals surface area contributed by atoms with E-state index < -0.39 is 0 Å². The Morgan fingerprint density at radius 1 is 1.00 bits per heavy atom. The molecule has 0 fully saturated rings. The normalized spacial score (nSPS) is 11.3. The second kappa shape index (κ2) is 7.47. The smallest absolute Gasteiger partial charge is 0.267 e. The van der Waals surface area contributed by atoms with Gasteiger partial charge < -0.3 is 0 Å². The van der Waals surface area contributed by atoms with E-state index in [1.54, 1.807) is 24.4 Å². The molecule has 4 aromatic rings. The van der Waals surface area contributed by atoms with Crippen LogP contribution in [0, 0.1) is 0 Å². The number of aromatic nitrogens is 2. The van der Waals surface area contributed by atoms with Crippen molar-refractivity contribution in [2.24, 2.45) is 5.10 Å². The summed E-state index contributed by atoms with van der Waals surface area (Å²) in [4.78, 5) is 17.8. The van der Waals surface area contributed by atoms with Crippen molar-refractivity contribution >= 4 is 44.6 Å². The topological polar surface area (TPSA) is 47.2 Å². The summed E-state index contributed by atoms with van der Waals surface area (Å²) < 4.78 is 2.15. The summed E-state index contributed by atoms with van der Waals surface area (Å²) in [6.07, 6.45) is 1.62. The molecule has 0 aliphatic carbocycles. The summed E-state index contributed by atoms with van der Waals surface area (Å²) in [5.74, 6) is 0.487. The van der Waals surface area contributed by atoms with E-state index in [-0.39, 0.29) is 5.56 Å². The summed E-state index contributed by atoms with van der Waals surface area (Å²) in [5, 5.41) is 5.56. The average Bonchev–Trinajstić information content (AvgIpc) is 2.69. The monoisotopic (exact) mass is 437 g/mol. The third kappa shape index (κ3) is 3.70. The third-order valence-corrected chi connectivity index (χ3v) is 4.78. The quantitative estimate of drug-likeness (QED) is 0.404. The first kappa shape index (κ1) is 17.6. The Hall–Kier alpha value is -2.76. The van der Waals surface area contributed by atoms with E-state index in [0.717, 1.165) is 15.6 Å². The Bertz CT molecular complexity index is 1200. The molecular formula is C21H13BrClN3O. The van der Waals surface area contributed by atoms with E-state index in [0.29, 0.717) is 21.7 Å². The van der Waals surface area contributed by atoms with Gasteiger partial charge in [0.25, 0.3) is 5.56 Å². The maximum Gasteiger partial charge on any atom is 0.282 e. The van der Waals surface area contributed by atoms with Crippen LogP contribution in [0.15, 0.2) is 87.2 Å². The van der Waals surface area contributed by atoms with E-state index in [1.807, 2.05) is 54.6 Å². The van der Waals surface area contributed by atoms with Crippen molar-refractivity contribution in [1.29, 1.82) is 0 Å². The molecule has 0 saturated heterocycles. The molecule has 1 heterocycles. The summed E-state index contributed by atoms with van der Waals surface area (Å²) in [5.41, 5.74) is 2.04. The highest BCUT2D eigenvalue weighted by Crippen LogP contribution is 2.21. The molecule has 0 atom stereocenters. The van der Waals surface area contributed by atoms with Gasteiger partial charge in [-0.3, -0.25) is 4.79 Å². The Labute approximate surface area is 168 Å². The fraction of sp³-hybridized carbons (Fsp3) is 0. The third-order valence-electron chi connectivity index (χ3n) is 4.03. The number of halogens is 2. The molecule has 0 unspecified atom stereocenters. The molecule has 0 aliphatic heterocycles. The number of fused-ring (bicyclic) bond motifs is 1. The van der Waals surface area contributed by atoms with Gasteiger partial charge in [-0.15, -0.1) is 0 Å². The van der Waals surface area contributed by atoms with Crippen LogP contribution in [-0.2, 0) is 0 Å². The van der Waals surface area contributed by atoms with Gasteiger partial charge in [0, 0.05) is 15.1 Å². The van der Waals surface area contributed by atoms with Crippen LogP contribution in [0.25, 0.3) is 22.3 Å². The lowest BCUT2D eigenvalue weighted by Gasteiger charge is -2.09. The SMILES string of the molecule is O=c1c2cc(Br)ccc2nc(-c2ccccc2)n1/N=C/c1ccc(Cl)cc1. The van der Waals surface area contributed by atoms with Gasteiger partial charge >= 0.3 is 0 Å². The molecule has 0 amide bonds. The fourth-order valence-corrected chi connectivity index (χ4v) is 3.19. The molecule has 4 rings (SSSR count). The van der Waals surface area contributed by atoms with Crippen LogP contribution in [-0.4, -0.2) is 15.9 Å². The molecular weight excluding hydrogens is 426 g/mol. The molecule has 6 heteroatoms. The predicted octanol–water partition coefficient (Wildman–Crippen LogP) is 5.36. The van der Waals surface area contributed by atoms with E-state index in [1.165, 1.54) is 4.68 Å². The molecule has 1 aromatic heterocycles. The molecule has 0 aliphatic rings. The van der Waals surface area contributed by atoms with Gasteiger partial charge in [0.15, 0.2) is 5.82 Å². The average molecular weight is 439 g/mol. The summed E-state index contributed by atoms with van der Waals surface area (Å²) >= 11 is 9.34. The Morgan fingerprint density at radius 3 is 2.48 bits per heavy atom. The van der Waals surface area contributed by atoms with Crippen LogP contribution in [0.5, 0.6) is 0 Å². The van der Waals surface area contributed by atoms with E-state index in [9.17, 15) is 4.79 Å². The van der Waals surface area contributed by atoms with Crippen molar-refractivity contribution in [3.8, 4) is 11.4 Å². The maximum absolute atomic E-state index is 13.1. The van der Waals surface area contributed by atoms with Crippen molar-refractivity contribution in [2.75, 3.05) is 0 Å². The first-order valence-electron chi connectivity index (χ1n) is 8.19. The summed E-state index contributed by atoms with van der Waals surface area (Å²) in [7, 11) is 0. The van der Waals surface area contributed by atoms with Crippen LogP contribution in [0.4, 0.5) is 0 Å². The number of rotatable bonds is 3. The van der Waals surface area contributed by atoms with Crippen molar-refractivity contribution in [3.63, 3.8) is 0 Å². The van der Waals surface area contributed by atoms with Gasteiger partial charge in [0.1, 0.15) is 0 Å². The lowest BCUT2D eigenvalue weighted by Crippen LogP contribution is -2.20. The standard InChI is InChI=1S/C21H13BrClN3O/c22-16-8-11-19-18(12-16)21(27)26(20(25-19)15-4-2-1-3-5-15)24-13-14-6-9-17(23)10-7-14/h1-13H/b24-13+. The first-order chi connectivity index (χ1) is 13.1. The molecule has 0 bridgehead atoms. The van der Waals surface area contributed by atoms with Gasteiger partial charge in [-0.2, -0.15) is 9.78 Å². The van der Waals surface area contributed by atoms with Gasteiger partial charge in [0.2, 0.25) is 0 Å². The van der Waals surface area contributed by atoms with Crippen LogP contribution in [0.2, 0.25) is 5.02 Å². The highest BCUT2D eigenvalue weighted by atomic mass is 79.9. The van der Waals surface area contributed by atoms with Crippen LogP contribution in [0.1, 0.15) is 5.56 Å². The molecule has 4 nitrogen and oxygen atoms in total. The van der Waals surface area contributed by atoms with E-state index >= 15 is 0 Å². The molecule has 132 valence electrons. The summed E-state index contributed by atoms with van der Waals surface area (Å²) in [6.45, 7) is 0. The van der Waals surface area contributed by atoms with E-state index in [2.05, 4.69) is 26.0 Å². The second-order valence-corrected chi connectivity index (χ2v) is 7.23. The van der Waals surface area contributed by atoms with Gasteiger partial charge in [-0.05, 0) is 35.9 Å². The van der Waals surface area contributed by atoms with Crippen molar-refractivity contribution in [1.82, 2.24) is 9.66 Å². The lowest BCUT2D eigenvalue weighted by molar-refractivity contribution is 0.829. The minimum Gasteiger partial charge on any atom is -0.267 e. The van der Waals surface area contributed by atoms with Crippen molar-refractivity contribution < 1.29 is 0 Å². The van der Waals surface area contributed by atoms with Gasteiger partial charge in [0.05, 0.1) is 17.1 Å². The molecule has 0 spiro atoms. The zero-order valence-corrected chi connectivity index (χ0v) is 16.4. The minimum atomic E-state index is -0.231. The predicted molar refractivity (Wildman–Crippen MR) is 114 cm³/mol. The Kier molecular flexibility index (Phi) is 4.88. The van der Waals surface area contributed by atoms with Crippen molar-refractivity contribution in [3.05, 3.63) is 98.2 Å². The van der Waals surface area contributed by atoms with Crippen LogP contribution >= 0.6 is 27.5 Å². The Balaban J connectivity index is 1.94. The van der Waals surface area contributed by atoms with Crippen LogP contribution < -0.4 is 5.56 Å². The van der Waals surface area contributed by atoms with E-state index in [4.69, 9.17) is 11.6 Å². The highest BCUT2D eigenvalue weighted by molar-refractivity contribution is 9.10. The minimum absolute atomic E-state index is 0.231.